The summed E-state index contributed by atoms with van der Waals surface area (Å²) in [4.78, 5) is 27.0. The van der Waals surface area contributed by atoms with Crippen LogP contribution in [0.5, 0.6) is 0 Å². The van der Waals surface area contributed by atoms with Crippen LogP contribution in [-0.4, -0.2) is 35.2 Å². The number of nitrogens with one attached hydrogen (secondary N) is 1. The lowest BCUT2D eigenvalue weighted by Gasteiger charge is -2.37. The van der Waals surface area contributed by atoms with Crippen LogP contribution in [0, 0.1) is 25.2 Å². The first-order valence-electron chi connectivity index (χ1n) is 11.3. The van der Waals surface area contributed by atoms with Gasteiger partial charge in [-0.1, -0.05) is 27.2 Å². The van der Waals surface area contributed by atoms with Crippen molar-refractivity contribution in [2.75, 3.05) is 18.5 Å². The molecule has 1 amide bonds. The Bertz CT molecular complexity index is 901. The van der Waals surface area contributed by atoms with Gasteiger partial charge in [0.15, 0.2) is 0 Å². The maximum Gasteiger partial charge on any atom is 0.335 e. The fourth-order valence-electron chi connectivity index (χ4n) is 4.13. The van der Waals surface area contributed by atoms with Crippen LogP contribution < -0.4 is 5.32 Å². The molecule has 6 heteroatoms. The van der Waals surface area contributed by atoms with Gasteiger partial charge in [-0.3, -0.25) is 9.78 Å². The summed E-state index contributed by atoms with van der Waals surface area (Å²) >= 11 is 0. The average molecular weight is 441 g/mol. The molecule has 0 radical (unpaired) electrons. The molecule has 1 fully saturated rings. The highest BCUT2D eigenvalue weighted by molar-refractivity contribution is 6.05. The number of benzene rings is 1. The molecule has 2 aromatic rings. The minimum atomic E-state index is -0.999. The summed E-state index contributed by atoms with van der Waals surface area (Å²) in [7, 11) is 0. The van der Waals surface area contributed by atoms with E-state index in [9.17, 15) is 9.59 Å². The fourth-order valence-corrected chi connectivity index (χ4v) is 4.13. The minimum absolute atomic E-state index is 0.177. The molecule has 0 spiro atoms. The Kier molecular flexibility index (Phi) is 9.39. The second-order valence-corrected chi connectivity index (χ2v) is 9.05. The highest BCUT2D eigenvalue weighted by Crippen LogP contribution is 2.39. The molecule has 32 heavy (non-hydrogen) atoms. The van der Waals surface area contributed by atoms with Gasteiger partial charge in [-0.15, -0.1) is 0 Å². The topological polar surface area (TPSA) is 88.5 Å². The van der Waals surface area contributed by atoms with E-state index in [4.69, 9.17) is 9.84 Å². The molecular formula is C26H36N2O4. The molecule has 0 saturated carbocycles. The van der Waals surface area contributed by atoms with Crippen molar-refractivity contribution >= 4 is 17.6 Å². The SMILES string of the molecule is CCC1(CC(C)C)CCOCC1.Cc1cnc(C)c(C(=O)Nc2ccc(C(=O)O)cc2)c1. The molecule has 0 atom stereocenters. The van der Waals surface area contributed by atoms with E-state index in [1.807, 2.05) is 6.92 Å². The normalized spacial score (nSPS) is 14.9. The summed E-state index contributed by atoms with van der Waals surface area (Å²) in [6.07, 6.45) is 6.97. The Balaban J connectivity index is 0.000000258. The summed E-state index contributed by atoms with van der Waals surface area (Å²) in [5.41, 5.74) is 3.40. The predicted octanol–water partition coefficient (Wildman–Crippen LogP) is 5.89. The summed E-state index contributed by atoms with van der Waals surface area (Å²) in [6.45, 7) is 12.6. The highest BCUT2D eigenvalue weighted by Gasteiger charge is 2.30. The number of pyridine rings is 1. The van der Waals surface area contributed by atoms with Gasteiger partial charge >= 0.3 is 5.97 Å². The van der Waals surface area contributed by atoms with Crippen LogP contribution >= 0.6 is 0 Å². The zero-order valence-electron chi connectivity index (χ0n) is 19.9. The molecular weight excluding hydrogens is 404 g/mol. The molecule has 1 aliphatic rings. The number of hydrogen-bond donors (Lipinski definition) is 2. The Morgan fingerprint density at radius 3 is 2.31 bits per heavy atom. The van der Waals surface area contributed by atoms with Gasteiger partial charge in [0.25, 0.3) is 5.91 Å². The number of carboxylic acid groups (broad SMARTS) is 1. The van der Waals surface area contributed by atoms with E-state index >= 15 is 0 Å². The molecule has 0 bridgehead atoms. The monoisotopic (exact) mass is 440 g/mol. The van der Waals surface area contributed by atoms with E-state index in [1.54, 1.807) is 31.3 Å². The molecule has 174 valence electrons. The van der Waals surface area contributed by atoms with Gasteiger partial charge < -0.3 is 15.2 Å². The number of rotatable bonds is 6. The molecule has 0 aliphatic carbocycles. The van der Waals surface area contributed by atoms with Crippen molar-refractivity contribution in [3.05, 3.63) is 58.9 Å². The smallest absolute Gasteiger partial charge is 0.335 e. The Labute approximate surface area is 191 Å². The van der Waals surface area contributed by atoms with Crippen molar-refractivity contribution in [2.45, 2.75) is 60.3 Å². The van der Waals surface area contributed by atoms with Crippen molar-refractivity contribution in [2.24, 2.45) is 11.3 Å². The van der Waals surface area contributed by atoms with E-state index in [1.165, 1.54) is 37.8 Å². The number of anilines is 1. The van der Waals surface area contributed by atoms with Gasteiger partial charge in [-0.2, -0.15) is 0 Å². The zero-order chi connectivity index (χ0) is 23.7. The van der Waals surface area contributed by atoms with Gasteiger partial charge in [-0.25, -0.2) is 4.79 Å². The van der Waals surface area contributed by atoms with E-state index in [0.717, 1.165) is 24.7 Å². The third-order valence-corrected chi connectivity index (χ3v) is 6.00. The Morgan fingerprint density at radius 2 is 1.78 bits per heavy atom. The average Bonchev–Trinajstić information content (AvgIpc) is 2.76. The zero-order valence-corrected chi connectivity index (χ0v) is 19.9. The van der Waals surface area contributed by atoms with Gasteiger partial charge in [0.2, 0.25) is 0 Å². The molecule has 1 aromatic heterocycles. The van der Waals surface area contributed by atoms with E-state index in [0.29, 0.717) is 22.4 Å². The molecule has 1 saturated heterocycles. The lowest BCUT2D eigenvalue weighted by molar-refractivity contribution is 0.00189. The van der Waals surface area contributed by atoms with Crippen molar-refractivity contribution in [3.63, 3.8) is 0 Å². The number of aromatic nitrogens is 1. The molecule has 1 aromatic carbocycles. The van der Waals surface area contributed by atoms with E-state index < -0.39 is 5.97 Å². The number of aromatic carboxylic acids is 1. The molecule has 1 aliphatic heterocycles. The van der Waals surface area contributed by atoms with Crippen LogP contribution in [0.25, 0.3) is 0 Å². The van der Waals surface area contributed by atoms with Gasteiger partial charge in [0.05, 0.1) is 11.1 Å². The number of hydrogen-bond acceptors (Lipinski definition) is 4. The number of aryl methyl sites for hydroxylation is 2. The first-order chi connectivity index (χ1) is 15.2. The van der Waals surface area contributed by atoms with Crippen molar-refractivity contribution < 1.29 is 19.4 Å². The first kappa shape index (κ1) is 25.5. The quantitative estimate of drug-likeness (QED) is 0.585. The maximum atomic E-state index is 12.1. The second-order valence-electron chi connectivity index (χ2n) is 9.05. The summed E-state index contributed by atoms with van der Waals surface area (Å²) < 4.78 is 5.41. The van der Waals surface area contributed by atoms with Gasteiger partial charge in [-0.05, 0) is 80.3 Å². The number of ether oxygens (including phenoxy) is 1. The van der Waals surface area contributed by atoms with Crippen molar-refractivity contribution in [1.82, 2.24) is 4.98 Å². The van der Waals surface area contributed by atoms with Crippen LogP contribution in [-0.2, 0) is 4.74 Å². The molecule has 0 unspecified atom stereocenters. The van der Waals surface area contributed by atoms with Gasteiger partial charge in [0, 0.05) is 30.8 Å². The number of carbonyl (C=O) groups excluding carboxylic acids is 1. The fraction of sp³-hybridized carbons (Fsp3) is 0.500. The Morgan fingerprint density at radius 1 is 1.16 bits per heavy atom. The lowest BCUT2D eigenvalue weighted by atomic mass is 9.72. The molecule has 2 heterocycles. The maximum absolute atomic E-state index is 12.1. The first-order valence-corrected chi connectivity index (χ1v) is 11.3. The molecule has 2 N–H and O–H groups in total. The Hall–Kier alpha value is -2.73. The number of carbonyl (C=O) groups is 2. The summed E-state index contributed by atoms with van der Waals surface area (Å²) in [5.74, 6) is -0.425. The van der Waals surface area contributed by atoms with Crippen LogP contribution in [0.1, 0.15) is 78.4 Å². The van der Waals surface area contributed by atoms with Crippen molar-refractivity contribution in [1.29, 1.82) is 0 Å². The third kappa shape index (κ3) is 7.45. The van der Waals surface area contributed by atoms with Crippen LogP contribution in [0.2, 0.25) is 0 Å². The van der Waals surface area contributed by atoms with Crippen LogP contribution in [0.3, 0.4) is 0 Å². The standard InChI is InChI=1S/C15H14N2O3.C11H22O/c1-9-7-13(10(2)16-8-9)14(18)17-12-5-3-11(4-6-12)15(19)20;1-4-11(9-10(2)3)5-7-12-8-6-11/h3-8H,1-2H3,(H,17,18)(H,19,20);10H,4-9H2,1-3H3. The van der Waals surface area contributed by atoms with Crippen LogP contribution in [0.15, 0.2) is 36.5 Å². The second kappa shape index (κ2) is 11.8. The summed E-state index contributed by atoms with van der Waals surface area (Å²) in [5, 5.41) is 11.5. The number of amides is 1. The minimum Gasteiger partial charge on any atom is -0.478 e. The molecule has 3 rings (SSSR count). The van der Waals surface area contributed by atoms with Gasteiger partial charge in [0.1, 0.15) is 0 Å². The lowest BCUT2D eigenvalue weighted by Crippen LogP contribution is -2.30. The number of carboxylic acids is 1. The highest BCUT2D eigenvalue weighted by atomic mass is 16.5. The summed E-state index contributed by atoms with van der Waals surface area (Å²) in [6, 6.07) is 7.77. The third-order valence-electron chi connectivity index (χ3n) is 6.00. The van der Waals surface area contributed by atoms with E-state index in [2.05, 4.69) is 31.1 Å². The van der Waals surface area contributed by atoms with Crippen molar-refractivity contribution in [3.8, 4) is 0 Å². The predicted molar refractivity (Wildman–Crippen MR) is 127 cm³/mol. The van der Waals surface area contributed by atoms with E-state index in [-0.39, 0.29) is 11.5 Å². The number of nitrogens with zero attached hydrogens (tertiary/aromatic N) is 1. The molecule has 6 nitrogen and oxygen atoms in total. The van der Waals surface area contributed by atoms with Crippen LogP contribution in [0.4, 0.5) is 5.69 Å². The largest absolute Gasteiger partial charge is 0.478 e.